The number of ether oxygens (including phenoxy) is 1. The number of imide groups is 1. The highest BCUT2D eigenvalue weighted by atomic mass is 35.5. The number of rotatable bonds is 5. The fraction of sp³-hybridized carbons (Fsp3) is 0.280. The Morgan fingerprint density at radius 2 is 1.97 bits per heavy atom. The zero-order valence-electron chi connectivity index (χ0n) is 18.2. The van der Waals surface area contributed by atoms with Gasteiger partial charge in [-0.15, -0.1) is 0 Å². The fourth-order valence-corrected chi connectivity index (χ4v) is 5.39. The third-order valence-corrected chi connectivity index (χ3v) is 6.91. The normalized spacial score (nSPS) is 22.3. The van der Waals surface area contributed by atoms with Gasteiger partial charge in [0.15, 0.2) is 6.61 Å². The molecule has 0 radical (unpaired) electrons. The number of halogens is 1. The monoisotopic (exact) mass is 478 g/mol. The van der Waals surface area contributed by atoms with E-state index in [0.29, 0.717) is 35.7 Å². The molecule has 0 bridgehead atoms. The summed E-state index contributed by atoms with van der Waals surface area (Å²) in [5.41, 5.74) is 6.48. The van der Waals surface area contributed by atoms with E-state index in [-0.39, 0.29) is 30.4 Å². The van der Waals surface area contributed by atoms with Gasteiger partial charge in [0.1, 0.15) is 5.75 Å². The molecule has 1 aromatic heterocycles. The van der Waals surface area contributed by atoms with Crippen LogP contribution in [0, 0.1) is 5.92 Å². The van der Waals surface area contributed by atoms with Crippen LogP contribution in [0.5, 0.6) is 5.75 Å². The van der Waals surface area contributed by atoms with Gasteiger partial charge in [0.2, 0.25) is 5.91 Å². The maximum absolute atomic E-state index is 13.5. The number of pyridine rings is 1. The molecule has 3 atom stereocenters. The van der Waals surface area contributed by atoms with Crippen LogP contribution in [0.3, 0.4) is 0 Å². The minimum absolute atomic E-state index is 0.0447. The standard InChI is InChI=1S/C25H23ClN4O4/c26-18-6-3-7-21(34-13-22(27)31)23(18)14-8-9-17-19(10-14)29-25(33)30(24(17)32)20-12-28-11-15-4-1-2-5-16(15)20/h1-7,11-12,14,17,19H,8-10,13H2,(H2,27,31)(H,29,33). The summed E-state index contributed by atoms with van der Waals surface area (Å²) in [7, 11) is 0. The number of benzene rings is 2. The predicted octanol–water partition coefficient (Wildman–Crippen LogP) is 3.76. The molecule has 5 rings (SSSR count). The van der Waals surface area contributed by atoms with Crippen molar-refractivity contribution in [2.75, 3.05) is 11.5 Å². The molecule has 3 unspecified atom stereocenters. The highest BCUT2D eigenvalue weighted by Gasteiger charge is 2.46. The van der Waals surface area contributed by atoms with Crippen LogP contribution in [0.25, 0.3) is 10.8 Å². The second-order valence-electron chi connectivity index (χ2n) is 8.63. The van der Waals surface area contributed by atoms with Crippen molar-refractivity contribution in [1.29, 1.82) is 0 Å². The molecule has 1 saturated carbocycles. The Balaban J connectivity index is 1.41. The number of urea groups is 1. The van der Waals surface area contributed by atoms with Crippen molar-refractivity contribution in [2.24, 2.45) is 11.7 Å². The molecule has 2 aliphatic rings. The average molecular weight is 479 g/mol. The van der Waals surface area contributed by atoms with Crippen molar-refractivity contribution in [2.45, 2.75) is 31.2 Å². The zero-order chi connectivity index (χ0) is 23.8. The summed E-state index contributed by atoms with van der Waals surface area (Å²) in [5.74, 6) is -0.716. The number of amides is 4. The van der Waals surface area contributed by atoms with Crippen LogP contribution >= 0.6 is 11.6 Å². The first-order chi connectivity index (χ1) is 16.4. The van der Waals surface area contributed by atoms with E-state index in [1.807, 2.05) is 24.3 Å². The molecule has 2 heterocycles. The first-order valence-corrected chi connectivity index (χ1v) is 11.5. The van der Waals surface area contributed by atoms with Crippen LogP contribution in [0.1, 0.15) is 30.7 Å². The molecule has 1 aliphatic heterocycles. The molecule has 9 heteroatoms. The molecule has 1 aliphatic carbocycles. The number of carbonyl (C=O) groups is 3. The maximum Gasteiger partial charge on any atom is 0.329 e. The highest BCUT2D eigenvalue weighted by Crippen LogP contribution is 2.45. The first-order valence-electron chi connectivity index (χ1n) is 11.1. The highest BCUT2D eigenvalue weighted by molar-refractivity contribution is 6.31. The third kappa shape index (κ3) is 3.94. The van der Waals surface area contributed by atoms with Gasteiger partial charge in [0.25, 0.3) is 5.91 Å². The van der Waals surface area contributed by atoms with E-state index in [1.165, 1.54) is 4.90 Å². The van der Waals surface area contributed by atoms with Gasteiger partial charge in [0, 0.05) is 33.6 Å². The summed E-state index contributed by atoms with van der Waals surface area (Å²) >= 11 is 6.50. The minimum Gasteiger partial charge on any atom is -0.483 e. The second-order valence-corrected chi connectivity index (χ2v) is 9.04. The van der Waals surface area contributed by atoms with Crippen molar-refractivity contribution < 1.29 is 19.1 Å². The third-order valence-electron chi connectivity index (χ3n) is 6.58. The molecule has 2 fully saturated rings. The SMILES string of the molecule is NC(=O)COc1cccc(Cl)c1C1CCC2C(=O)N(c3cncc4ccccc34)C(=O)NC2C1. The van der Waals surface area contributed by atoms with Crippen LogP contribution in [0.4, 0.5) is 10.5 Å². The van der Waals surface area contributed by atoms with Crippen molar-refractivity contribution in [3.8, 4) is 5.75 Å². The number of primary amides is 1. The summed E-state index contributed by atoms with van der Waals surface area (Å²) in [4.78, 5) is 43.3. The van der Waals surface area contributed by atoms with Gasteiger partial charge in [-0.05, 0) is 37.3 Å². The predicted molar refractivity (Wildman–Crippen MR) is 128 cm³/mol. The largest absolute Gasteiger partial charge is 0.483 e. The Bertz CT molecular complexity index is 1290. The molecular weight excluding hydrogens is 456 g/mol. The number of hydrogen-bond donors (Lipinski definition) is 2. The lowest BCUT2D eigenvalue weighted by atomic mass is 9.74. The smallest absolute Gasteiger partial charge is 0.329 e. The van der Waals surface area contributed by atoms with Gasteiger partial charge < -0.3 is 15.8 Å². The van der Waals surface area contributed by atoms with Gasteiger partial charge in [-0.2, -0.15) is 0 Å². The van der Waals surface area contributed by atoms with Crippen molar-refractivity contribution >= 4 is 45.9 Å². The van der Waals surface area contributed by atoms with Crippen LogP contribution in [-0.2, 0) is 9.59 Å². The molecule has 34 heavy (non-hydrogen) atoms. The Labute approximate surface area is 201 Å². The molecule has 3 N–H and O–H groups in total. The molecule has 174 valence electrons. The lowest BCUT2D eigenvalue weighted by molar-refractivity contribution is -0.124. The van der Waals surface area contributed by atoms with E-state index in [0.717, 1.165) is 16.3 Å². The van der Waals surface area contributed by atoms with E-state index in [9.17, 15) is 14.4 Å². The Kier molecular flexibility index (Phi) is 5.83. The Morgan fingerprint density at radius 1 is 1.15 bits per heavy atom. The van der Waals surface area contributed by atoms with Crippen molar-refractivity contribution in [3.05, 3.63) is 65.4 Å². The van der Waals surface area contributed by atoms with E-state index in [2.05, 4.69) is 10.3 Å². The molecule has 3 aromatic rings. The number of nitrogens with two attached hydrogens (primary N) is 1. The summed E-state index contributed by atoms with van der Waals surface area (Å²) < 4.78 is 5.60. The van der Waals surface area contributed by atoms with E-state index >= 15 is 0 Å². The Hall–Kier alpha value is -3.65. The maximum atomic E-state index is 13.5. The van der Waals surface area contributed by atoms with Gasteiger partial charge in [-0.1, -0.05) is 41.9 Å². The van der Waals surface area contributed by atoms with Gasteiger partial charge in [0.05, 0.1) is 17.8 Å². The molecule has 2 aromatic carbocycles. The van der Waals surface area contributed by atoms with Crippen LogP contribution in [0.15, 0.2) is 54.9 Å². The summed E-state index contributed by atoms with van der Waals surface area (Å²) in [6.07, 6.45) is 5.05. The second kappa shape index (κ2) is 8.95. The summed E-state index contributed by atoms with van der Waals surface area (Å²) in [6, 6.07) is 12.0. The molecular formula is C25H23ClN4O4. The van der Waals surface area contributed by atoms with Gasteiger partial charge in [-0.3, -0.25) is 14.6 Å². The lowest BCUT2D eigenvalue weighted by Crippen LogP contribution is -2.61. The van der Waals surface area contributed by atoms with Gasteiger partial charge in [-0.25, -0.2) is 9.69 Å². The number of hydrogen-bond acceptors (Lipinski definition) is 5. The molecule has 1 saturated heterocycles. The fourth-order valence-electron chi connectivity index (χ4n) is 5.07. The number of anilines is 1. The quantitative estimate of drug-likeness (QED) is 0.579. The lowest BCUT2D eigenvalue weighted by Gasteiger charge is -2.42. The average Bonchev–Trinajstić information content (AvgIpc) is 2.82. The van der Waals surface area contributed by atoms with E-state index < -0.39 is 11.9 Å². The number of carbonyl (C=O) groups excluding carboxylic acids is 3. The van der Waals surface area contributed by atoms with Crippen LogP contribution < -0.4 is 20.7 Å². The molecule has 4 amide bonds. The summed E-state index contributed by atoms with van der Waals surface area (Å²) in [6.45, 7) is -0.255. The topological polar surface area (TPSA) is 115 Å². The summed E-state index contributed by atoms with van der Waals surface area (Å²) in [5, 5.41) is 5.19. The molecule has 0 spiro atoms. The van der Waals surface area contributed by atoms with Crippen LogP contribution in [-0.4, -0.2) is 35.5 Å². The first kappa shape index (κ1) is 22.2. The Morgan fingerprint density at radius 3 is 2.79 bits per heavy atom. The zero-order valence-corrected chi connectivity index (χ0v) is 19.0. The van der Waals surface area contributed by atoms with Crippen molar-refractivity contribution in [1.82, 2.24) is 10.3 Å². The molecule has 8 nitrogen and oxygen atoms in total. The van der Waals surface area contributed by atoms with Gasteiger partial charge >= 0.3 is 6.03 Å². The van der Waals surface area contributed by atoms with E-state index in [1.54, 1.807) is 30.6 Å². The number of aromatic nitrogens is 1. The van der Waals surface area contributed by atoms with Crippen molar-refractivity contribution in [3.63, 3.8) is 0 Å². The van der Waals surface area contributed by atoms with Crippen LogP contribution in [0.2, 0.25) is 5.02 Å². The van der Waals surface area contributed by atoms with E-state index in [4.69, 9.17) is 22.1 Å². The minimum atomic E-state index is -0.581. The number of nitrogens with zero attached hydrogens (tertiary/aromatic N) is 2. The number of nitrogens with one attached hydrogen (secondary N) is 1. The number of fused-ring (bicyclic) bond motifs is 2.